The number of amides is 1. The third-order valence-electron chi connectivity index (χ3n) is 4.14. The molecule has 20 heavy (non-hydrogen) atoms. The normalized spacial score (nSPS) is 20.1. The summed E-state index contributed by atoms with van der Waals surface area (Å²) in [6.07, 6.45) is 6.53. The Morgan fingerprint density at radius 1 is 1.35 bits per heavy atom. The van der Waals surface area contributed by atoms with Crippen molar-refractivity contribution in [2.45, 2.75) is 31.7 Å². The van der Waals surface area contributed by atoms with E-state index in [4.69, 9.17) is 0 Å². The van der Waals surface area contributed by atoms with E-state index in [-0.39, 0.29) is 5.91 Å². The van der Waals surface area contributed by atoms with Crippen LogP contribution in [0.15, 0.2) is 22.8 Å². The Balaban J connectivity index is 1.52. The van der Waals surface area contributed by atoms with Crippen molar-refractivity contribution in [3.63, 3.8) is 0 Å². The number of hydrogen-bond donors (Lipinski definition) is 1. The van der Waals surface area contributed by atoms with Gasteiger partial charge >= 0.3 is 0 Å². The van der Waals surface area contributed by atoms with Gasteiger partial charge in [-0.3, -0.25) is 4.79 Å². The maximum atomic E-state index is 12.4. The monoisotopic (exact) mass is 337 g/mol. The van der Waals surface area contributed by atoms with Gasteiger partial charge in [0.1, 0.15) is 5.69 Å². The van der Waals surface area contributed by atoms with Crippen LogP contribution in [0, 0.1) is 5.92 Å². The van der Waals surface area contributed by atoms with Crippen LogP contribution >= 0.6 is 15.9 Å². The van der Waals surface area contributed by atoms with E-state index >= 15 is 0 Å². The summed E-state index contributed by atoms with van der Waals surface area (Å²) in [6.45, 7) is 2.80. The predicted octanol–water partition coefficient (Wildman–Crippen LogP) is 2.45. The molecule has 108 valence electrons. The Bertz CT molecular complexity index is 482. The number of piperidine rings is 1. The highest BCUT2D eigenvalue weighted by atomic mass is 79.9. The van der Waals surface area contributed by atoms with E-state index in [1.54, 1.807) is 6.20 Å². The van der Waals surface area contributed by atoms with E-state index in [1.807, 2.05) is 17.0 Å². The third kappa shape index (κ3) is 3.38. The molecule has 0 spiro atoms. The topological polar surface area (TPSA) is 45.2 Å². The van der Waals surface area contributed by atoms with Gasteiger partial charge in [-0.15, -0.1) is 0 Å². The fourth-order valence-corrected chi connectivity index (χ4v) is 3.06. The van der Waals surface area contributed by atoms with Crippen molar-refractivity contribution in [3.8, 4) is 0 Å². The second-order valence-corrected chi connectivity index (χ2v) is 6.61. The van der Waals surface area contributed by atoms with E-state index in [9.17, 15) is 4.79 Å². The van der Waals surface area contributed by atoms with Gasteiger partial charge < -0.3 is 10.2 Å². The first kappa shape index (κ1) is 14.0. The first-order valence-electron chi connectivity index (χ1n) is 7.37. The Hall–Kier alpha value is -0.940. The van der Waals surface area contributed by atoms with E-state index in [1.165, 1.54) is 12.8 Å². The minimum Gasteiger partial charge on any atom is -0.337 e. The van der Waals surface area contributed by atoms with Crippen LogP contribution in [-0.2, 0) is 0 Å². The zero-order chi connectivity index (χ0) is 13.9. The minimum absolute atomic E-state index is 0.0399. The molecule has 0 bridgehead atoms. The number of nitrogens with one attached hydrogen (secondary N) is 1. The molecule has 0 aromatic carbocycles. The molecule has 4 nitrogen and oxygen atoms in total. The summed E-state index contributed by atoms with van der Waals surface area (Å²) in [5, 5.41) is 3.63. The second-order valence-electron chi connectivity index (χ2n) is 5.75. The Morgan fingerprint density at radius 3 is 2.75 bits per heavy atom. The van der Waals surface area contributed by atoms with Crippen molar-refractivity contribution in [2.24, 2.45) is 5.92 Å². The average molecular weight is 338 g/mol. The van der Waals surface area contributed by atoms with Crippen molar-refractivity contribution in [3.05, 3.63) is 28.5 Å². The Morgan fingerprint density at radius 2 is 2.10 bits per heavy atom. The lowest BCUT2D eigenvalue weighted by molar-refractivity contribution is 0.0698. The largest absolute Gasteiger partial charge is 0.337 e. The number of nitrogens with zero attached hydrogens (tertiary/aromatic N) is 2. The van der Waals surface area contributed by atoms with Gasteiger partial charge in [-0.25, -0.2) is 4.98 Å². The van der Waals surface area contributed by atoms with Gasteiger partial charge in [-0.05, 0) is 66.2 Å². The van der Waals surface area contributed by atoms with Crippen molar-refractivity contribution in [1.29, 1.82) is 0 Å². The molecule has 1 aliphatic carbocycles. The van der Waals surface area contributed by atoms with E-state index in [2.05, 4.69) is 26.2 Å². The SMILES string of the molecule is O=C(c1ncccc1Br)N1CCC(NCC2CC2)CC1. The highest BCUT2D eigenvalue weighted by molar-refractivity contribution is 9.10. The molecule has 0 unspecified atom stereocenters. The number of rotatable bonds is 4. The van der Waals surface area contributed by atoms with Crippen molar-refractivity contribution in [2.75, 3.05) is 19.6 Å². The average Bonchev–Trinajstić information content (AvgIpc) is 3.30. The van der Waals surface area contributed by atoms with Gasteiger partial charge in [0.2, 0.25) is 0 Å². The van der Waals surface area contributed by atoms with Crippen LogP contribution in [-0.4, -0.2) is 41.5 Å². The first-order valence-corrected chi connectivity index (χ1v) is 8.16. The molecule has 3 rings (SSSR count). The van der Waals surface area contributed by atoms with Crippen molar-refractivity contribution < 1.29 is 4.79 Å². The highest BCUT2D eigenvalue weighted by Crippen LogP contribution is 2.28. The Kier molecular flexibility index (Phi) is 4.36. The summed E-state index contributed by atoms with van der Waals surface area (Å²) in [4.78, 5) is 18.5. The van der Waals surface area contributed by atoms with Gasteiger partial charge in [-0.2, -0.15) is 0 Å². The zero-order valence-corrected chi connectivity index (χ0v) is 13.1. The molecule has 0 atom stereocenters. The molecule has 1 aromatic rings. The third-order valence-corrected chi connectivity index (χ3v) is 4.78. The van der Waals surface area contributed by atoms with Crippen molar-refractivity contribution >= 4 is 21.8 Å². The molecule has 2 aliphatic rings. The summed E-state index contributed by atoms with van der Waals surface area (Å²) >= 11 is 3.40. The summed E-state index contributed by atoms with van der Waals surface area (Å²) in [5.41, 5.74) is 0.525. The van der Waals surface area contributed by atoms with Gasteiger partial charge in [-0.1, -0.05) is 0 Å². The number of likely N-dealkylation sites (tertiary alicyclic amines) is 1. The smallest absolute Gasteiger partial charge is 0.273 e. The maximum absolute atomic E-state index is 12.4. The lowest BCUT2D eigenvalue weighted by atomic mass is 10.0. The number of aromatic nitrogens is 1. The number of carbonyl (C=O) groups is 1. The lowest BCUT2D eigenvalue weighted by Crippen LogP contribution is -2.45. The van der Waals surface area contributed by atoms with Crippen molar-refractivity contribution in [1.82, 2.24) is 15.2 Å². The van der Waals surface area contributed by atoms with Crippen LogP contribution < -0.4 is 5.32 Å². The highest BCUT2D eigenvalue weighted by Gasteiger charge is 2.27. The van der Waals surface area contributed by atoms with Crippen LogP contribution in [0.5, 0.6) is 0 Å². The number of carbonyl (C=O) groups excluding carboxylic acids is 1. The Labute approximate surface area is 128 Å². The molecule has 2 fully saturated rings. The molecule has 2 heterocycles. The van der Waals surface area contributed by atoms with E-state index in [0.29, 0.717) is 11.7 Å². The van der Waals surface area contributed by atoms with Crippen LogP contribution in [0.4, 0.5) is 0 Å². The summed E-state index contributed by atoms with van der Waals surface area (Å²) < 4.78 is 0.777. The quantitative estimate of drug-likeness (QED) is 0.917. The maximum Gasteiger partial charge on any atom is 0.273 e. The van der Waals surface area contributed by atoms with Gasteiger partial charge in [0, 0.05) is 29.8 Å². The van der Waals surface area contributed by atoms with Gasteiger partial charge in [0.15, 0.2) is 0 Å². The molecule has 1 N–H and O–H groups in total. The standard InChI is InChI=1S/C15H20BrN3O/c16-13-2-1-7-17-14(13)15(20)19-8-5-12(6-9-19)18-10-11-3-4-11/h1-2,7,11-12,18H,3-6,8-10H2. The zero-order valence-electron chi connectivity index (χ0n) is 11.5. The van der Waals surface area contributed by atoms with Crippen LogP contribution in [0.25, 0.3) is 0 Å². The summed E-state index contributed by atoms with van der Waals surface area (Å²) in [7, 11) is 0. The fraction of sp³-hybridized carbons (Fsp3) is 0.600. The fourth-order valence-electron chi connectivity index (χ4n) is 2.63. The molecule has 0 radical (unpaired) electrons. The van der Waals surface area contributed by atoms with Crippen LogP contribution in [0.2, 0.25) is 0 Å². The number of hydrogen-bond acceptors (Lipinski definition) is 3. The summed E-state index contributed by atoms with van der Waals surface area (Å²) in [6, 6.07) is 4.27. The lowest BCUT2D eigenvalue weighted by Gasteiger charge is -2.32. The van der Waals surface area contributed by atoms with E-state index < -0.39 is 0 Å². The minimum atomic E-state index is 0.0399. The van der Waals surface area contributed by atoms with Crippen LogP contribution in [0.1, 0.15) is 36.2 Å². The molecule has 1 saturated heterocycles. The first-order chi connectivity index (χ1) is 9.74. The summed E-state index contributed by atoms with van der Waals surface area (Å²) in [5.74, 6) is 0.956. The predicted molar refractivity (Wildman–Crippen MR) is 81.6 cm³/mol. The van der Waals surface area contributed by atoms with Gasteiger partial charge in [0.05, 0.1) is 0 Å². The number of halogens is 1. The molecule has 1 amide bonds. The van der Waals surface area contributed by atoms with Crippen LogP contribution in [0.3, 0.4) is 0 Å². The molecule has 5 heteroatoms. The molecular weight excluding hydrogens is 318 g/mol. The second kappa shape index (κ2) is 6.22. The molecular formula is C15H20BrN3O. The number of pyridine rings is 1. The van der Waals surface area contributed by atoms with E-state index in [0.717, 1.165) is 42.9 Å². The molecule has 1 aromatic heterocycles. The molecule has 1 saturated carbocycles. The van der Waals surface area contributed by atoms with Gasteiger partial charge in [0.25, 0.3) is 5.91 Å². The molecule has 1 aliphatic heterocycles.